The Morgan fingerprint density at radius 2 is 1.92 bits per heavy atom. The molecule has 138 valence electrons. The molecule has 1 heterocycles. The van der Waals surface area contributed by atoms with Gasteiger partial charge in [-0.3, -0.25) is 9.69 Å². The fraction of sp³-hybridized carbons (Fsp3) is 0.409. The van der Waals surface area contributed by atoms with Crippen LogP contribution in [0, 0.1) is 19.8 Å². The summed E-state index contributed by atoms with van der Waals surface area (Å²) in [5.74, 6) is 0.814. The lowest BCUT2D eigenvalue weighted by atomic mass is 9.89. The summed E-state index contributed by atoms with van der Waals surface area (Å²) in [5, 5.41) is 3.10. The zero-order valence-corrected chi connectivity index (χ0v) is 15.9. The van der Waals surface area contributed by atoms with Crippen molar-refractivity contribution >= 4 is 11.6 Å². The van der Waals surface area contributed by atoms with Crippen LogP contribution in [-0.2, 0) is 4.79 Å². The Balaban J connectivity index is 1.70. The monoisotopic (exact) mass is 351 g/mol. The maximum Gasteiger partial charge on any atom is 0.241 e. The highest BCUT2D eigenvalue weighted by Crippen LogP contribution is 2.33. The van der Waals surface area contributed by atoms with E-state index in [2.05, 4.69) is 40.5 Å². The molecule has 3 rings (SSSR count). The molecular weight excluding hydrogens is 322 g/mol. The standard InChI is InChI=1S/C22H29N3O/c1-15-9-10-16(2)21(11-15)24-22(26)17(3)25-13-19(12-23)20(14-25)18-7-5-4-6-8-18/h4-11,17,19-20H,12-14,23H2,1-3H3,(H,24,26)/t17?,19-,20+/m1/s1. The molecule has 3 atom stereocenters. The lowest BCUT2D eigenvalue weighted by molar-refractivity contribution is -0.120. The summed E-state index contributed by atoms with van der Waals surface area (Å²) in [6.45, 7) is 8.41. The van der Waals surface area contributed by atoms with Gasteiger partial charge in [-0.1, -0.05) is 42.5 Å². The van der Waals surface area contributed by atoms with E-state index in [9.17, 15) is 4.79 Å². The number of nitrogens with one attached hydrogen (secondary N) is 1. The number of anilines is 1. The Hall–Kier alpha value is -2.17. The molecule has 2 aromatic rings. The largest absolute Gasteiger partial charge is 0.330 e. The number of nitrogens with zero attached hydrogens (tertiary/aromatic N) is 1. The summed E-state index contributed by atoms with van der Waals surface area (Å²) in [6.07, 6.45) is 0. The van der Waals surface area contributed by atoms with Gasteiger partial charge in [-0.05, 0) is 56.0 Å². The summed E-state index contributed by atoms with van der Waals surface area (Å²) in [6, 6.07) is 16.5. The van der Waals surface area contributed by atoms with E-state index in [4.69, 9.17) is 5.73 Å². The molecule has 0 bridgehead atoms. The van der Waals surface area contributed by atoms with Gasteiger partial charge in [0.05, 0.1) is 6.04 Å². The number of likely N-dealkylation sites (tertiary alicyclic amines) is 1. The van der Waals surface area contributed by atoms with Gasteiger partial charge in [-0.2, -0.15) is 0 Å². The highest BCUT2D eigenvalue weighted by atomic mass is 16.2. The summed E-state index contributed by atoms with van der Waals surface area (Å²) >= 11 is 0. The molecule has 0 radical (unpaired) electrons. The van der Waals surface area contributed by atoms with Crippen molar-refractivity contribution in [2.45, 2.75) is 32.7 Å². The van der Waals surface area contributed by atoms with Crippen molar-refractivity contribution in [3.63, 3.8) is 0 Å². The third kappa shape index (κ3) is 3.97. The van der Waals surface area contributed by atoms with E-state index in [0.717, 1.165) is 29.9 Å². The fourth-order valence-electron chi connectivity index (χ4n) is 3.81. The normalized spacial score (nSPS) is 21.5. The van der Waals surface area contributed by atoms with Gasteiger partial charge in [-0.15, -0.1) is 0 Å². The molecule has 4 heteroatoms. The van der Waals surface area contributed by atoms with Crippen molar-refractivity contribution in [2.75, 3.05) is 25.0 Å². The molecule has 1 saturated heterocycles. The van der Waals surface area contributed by atoms with E-state index in [1.807, 2.05) is 39.0 Å². The molecule has 2 aromatic carbocycles. The molecule has 0 aliphatic carbocycles. The number of benzene rings is 2. The quantitative estimate of drug-likeness (QED) is 0.869. The van der Waals surface area contributed by atoms with Crippen LogP contribution in [0.3, 0.4) is 0 Å². The van der Waals surface area contributed by atoms with Gasteiger partial charge < -0.3 is 11.1 Å². The molecule has 0 aromatic heterocycles. The highest BCUT2D eigenvalue weighted by Gasteiger charge is 2.36. The van der Waals surface area contributed by atoms with Crippen LogP contribution in [0.2, 0.25) is 0 Å². The Labute approximate surface area is 156 Å². The van der Waals surface area contributed by atoms with Crippen LogP contribution in [0.1, 0.15) is 29.5 Å². The van der Waals surface area contributed by atoms with Crippen LogP contribution < -0.4 is 11.1 Å². The van der Waals surface area contributed by atoms with E-state index >= 15 is 0 Å². The van der Waals surface area contributed by atoms with Crippen molar-refractivity contribution in [1.29, 1.82) is 0 Å². The molecule has 4 nitrogen and oxygen atoms in total. The first-order valence-electron chi connectivity index (χ1n) is 9.36. The van der Waals surface area contributed by atoms with Gasteiger partial charge in [-0.25, -0.2) is 0 Å². The average molecular weight is 351 g/mol. The van der Waals surface area contributed by atoms with E-state index in [1.165, 1.54) is 5.56 Å². The summed E-state index contributed by atoms with van der Waals surface area (Å²) in [4.78, 5) is 15.1. The number of rotatable bonds is 5. The molecular formula is C22H29N3O. The van der Waals surface area contributed by atoms with Crippen LogP contribution in [0.25, 0.3) is 0 Å². The Morgan fingerprint density at radius 3 is 2.62 bits per heavy atom. The van der Waals surface area contributed by atoms with Gasteiger partial charge in [0.25, 0.3) is 0 Å². The van der Waals surface area contributed by atoms with Crippen LogP contribution in [0.5, 0.6) is 0 Å². The minimum absolute atomic E-state index is 0.0446. The van der Waals surface area contributed by atoms with Crippen LogP contribution in [0.15, 0.2) is 48.5 Å². The minimum atomic E-state index is -0.183. The van der Waals surface area contributed by atoms with E-state index in [-0.39, 0.29) is 11.9 Å². The van der Waals surface area contributed by atoms with Crippen LogP contribution >= 0.6 is 0 Å². The first-order valence-corrected chi connectivity index (χ1v) is 9.36. The first kappa shape index (κ1) is 18.6. The van der Waals surface area contributed by atoms with Crippen molar-refractivity contribution in [1.82, 2.24) is 4.90 Å². The zero-order valence-electron chi connectivity index (χ0n) is 15.9. The predicted octanol–water partition coefficient (Wildman–Crippen LogP) is 3.30. The average Bonchev–Trinajstić information content (AvgIpc) is 3.09. The molecule has 0 spiro atoms. The summed E-state index contributed by atoms with van der Waals surface area (Å²) in [7, 11) is 0. The van der Waals surface area contributed by atoms with Crippen molar-refractivity contribution in [2.24, 2.45) is 11.7 Å². The molecule has 1 aliphatic rings. The Kier molecular flexibility index (Phi) is 5.74. The van der Waals surface area contributed by atoms with Crippen molar-refractivity contribution in [3.05, 3.63) is 65.2 Å². The number of carbonyl (C=O) groups excluding carboxylic acids is 1. The third-order valence-corrected chi connectivity index (χ3v) is 5.58. The van der Waals surface area contributed by atoms with E-state index < -0.39 is 0 Å². The van der Waals surface area contributed by atoms with Crippen molar-refractivity contribution < 1.29 is 4.79 Å². The molecule has 26 heavy (non-hydrogen) atoms. The molecule has 1 aliphatic heterocycles. The minimum Gasteiger partial charge on any atom is -0.330 e. The Morgan fingerprint density at radius 1 is 1.19 bits per heavy atom. The molecule has 1 amide bonds. The SMILES string of the molecule is Cc1ccc(C)c(NC(=O)C(C)N2C[C@@H](CN)[C@H](c3ccccc3)C2)c1. The van der Waals surface area contributed by atoms with E-state index in [1.54, 1.807) is 0 Å². The smallest absolute Gasteiger partial charge is 0.241 e. The number of amides is 1. The lowest BCUT2D eigenvalue weighted by Gasteiger charge is -2.24. The maximum atomic E-state index is 12.8. The van der Waals surface area contributed by atoms with E-state index in [0.29, 0.717) is 18.4 Å². The van der Waals surface area contributed by atoms with Gasteiger partial charge in [0.15, 0.2) is 0 Å². The van der Waals surface area contributed by atoms with Crippen molar-refractivity contribution in [3.8, 4) is 0 Å². The second kappa shape index (κ2) is 8.02. The number of nitrogens with two attached hydrogens (primary N) is 1. The second-order valence-electron chi connectivity index (χ2n) is 7.45. The topological polar surface area (TPSA) is 58.4 Å². The second-order valence-corrected chi connectivity index (χ2v) is 7.45. The highest BCUT2D eigenvalue weighted by molar-refractivity contribution is 5.95. The molecule has 0 saturated carbocycles. The number of aryl methyl sites for hydroxylation is 2. The number of hydrogen-bond donors (Lipinski definition) is 2. The number of carbonyl (C=O) groups is 1. The summed E-state index contributed by atoms with van der Waals surface area (Å²) in [5.41, 5.74) is 10.5. The fourth-order valence-corrected chi connectivity index (χ4v) is 3.81. The third-order valence-electron chi connectivity index (χ3n) is 5.58. The molecule has 3 N–H and O–H groups in total. The lowest BCUT2D eigenvalue weighted by Crippen LogP contribution is -2.41. The first-order chi connectivity index (χ1) is 12.5. The Bertz CT molecular complexity index is 759. The van der Waals surface area contributed by atoms with Gasteiger partial charge in [0, 0.05) is 24.7 Å². The van der Waals surface area contributed by atoms with Crippen LogP contribution in [-0.4, -0.2) is 36.5 Å². The maximum absolute atomic E-state index is 12.8. The van der Waals surface area contributed by atoms with Gasteiger partial charge in [0.2, 0.25) is 5.91 Å². The van der Waals surface area contributed by atoms with Gasteiger partial charge >= 0.3 is 0 Å². The van der Waals surface area contributed by atoms with Crippen LogP contribution in [0.4, 0.5) is 5.69 Å². The molecule has 1 unspecified atom stereocenters. The summed E-state index contributed by atoms with van der Waals surface area (Å²) < 4.78 is 0. The zero-order chi connectivity index (χ0) is 18.7. The number of hydrogen-bond acceptors (Lipinski definition) is 3. The molecule has 1 fully saturated rings. The van der Waals surface area contributed by atoms with Gasteiger partial charge in [0.1, 0.15) is 0 Å². The predicted molar refractivity (Wildman–Crippen MR) is 107 cm³/mol.